The molecule has 0 aromatic carbocycles. The summed E-state index contributed by atoms with van der Waals surface area (Å²) in [4.78, 5) is 10.8. The number of ether oxygens (including phenoxy) is 3. The summed E-state index contributed by atoms with van der Waals surface area (Å²) in [5.41, 5.74) is 0.110. The molecule has 0 spiro atoms. The molecule has 0 saturated heterocycles. The van der Waals surface area contributed by atoms with Crippen molar-refractivity contribution in [2.45, 2.75) is 54.8 Å². The van der Waals surface area contributed by atoms with E-state index < -0.39 is 6.29 Å². The van der Waals surface area contributed by atoms with Crippen molar-refractivity contribution in [3.05, 3.63) is 0 Å². The zero-order valence-electron chi connectivity index (χ0n) is 12.8. The summed E-state index contributed by atoms with van der Waals surface area (Å²) in [6, 6.07) is 0. The third-order valence-electron chi connectivity index (χ3n) is 1.83. The average molecular weight is 260 g/mol. The Bertz CT molecular complexity index is 230. The van der Waals surface area contributed by atoms with Gasteiger partial charge in [-0.1, -0.05) is 41.5 Å². The number of carbonyl (C=O) groups is 1. The summed E-state index contributed by atoms with van der Waals surface area (Å²) in [7, 11) is 0. The van der Waals surface area contributed by atoms with Crippen molar-refractivity contribution in [1.82, 2.24) is 0 Å². The fraction of sp³-hybridized carbons (Fsp3) is 0.929. The molecule has 0 amide bonds. The van der Waals surface area contributed by atoms with Gasteiger partial charge in [0.05, 0.1) is 13.2 Å². The van der Waals surface area contributed by atoms with Crippen molar-refractivity contribution in [3.63, 3.8) is 0 Å². The summed E-state index contributed by atoms with van der Waals surface area (Å²) in [5, 5.41) is 0. The highest BCUT2D eigenvalue weighted by atomic mass is 16.7. The monoisotopic (exact) mass is 260 g/mol. The van der Waals surface area contributed by atoms with E-state index in [-0.39, 0.29) is 23.4 Å². The first kappa shape index (κ1) is 17.4. The van der Waals surface area contributed by atoms with E-state index in [0.717, 1.165) is 0 Å². The lowest BCUT2D eigenvalue weighted by Gasteiger charge is -2.27. The number of carbonyl (C=O) groups excluding carboxylic acids is 1. The second-order valence-corrected chi connectivity index (χ2v) is 6.98. The summed E-state index contributed by atoms with van der Waals surface area (Å²) in [5.74, 6) is -0.321. The Morgan fingerprint density at radius 3 is 1.61 bits per heavy atom. The van der Waals surface area contributed by atoms with Crippen LogP contribution in [0, 0.1) is 10.8 Å². The molecule has 0 aliphatic rings. The summed E-state index contributed by atoms with van der Waals surface area (Å²) in [6.45, 7) is 15.1. The van der Waals surface area contributed by atoms with Crippen LogP contribution in [0.5, 0.6) is 0 Å². The van der Waals surface area contributed by atoms with Crippen molar-refractivity contribution in [2.24, 2.45) is 10.8 Å². The first-order chi connectivity index (χ1) is 7.99. The van der Waals surface area contributed by atoms with Crippen LogP contribution in [0.4, 0.5) is 0 Å². The lowest BCUT2D eigenvalue weighted by Crippen LogP contribution is -2.31. The third-order valence-corrected chi connectivity index (χ3v) is 1.83. The number of hydrogen-bond acceptors (Lipinski definition) is 4. The zero-order valence-corrected chi connectivity index (χ0v) is 12.8. The van der Waals surface area contributed by atoms with Crippen molar-refractivity contribution in [1.29, 1.82) is 0 Å². The number of rotatable bonds is 6. The second kappa shape index (κ2) is 7.10. The van der Waals surface area contributed by atoms with E-state index in [1.54, 1.807) is 0 Å². The molecule has 0 atom stereocenters. The summed E-state index contributed by atoms with van der Waals surface area (Å²) >= 11 is 0. The molecular formula is C14H28O4. The van der Waals surface area contributed by atoms with Gasteiger partial charge in [-0.2, -0.15) is 0 Å². The molecule has 0 aliphatic carbocycles. The van der Waals surface area contributed by atoms with Crippen molar-refractivity contribution in [2.75, 3.05) is 19.8 Å². The SMILES string of the molecule is CC(=O)OCC(OCC(C)(C)C)OCC(C)(C)C. The number of hydrogen-bond donors (Lipinski definition) is 0. The first-order valence-electron chi connectivity index (χ1n) is 6.36. The van der Waals surface area contributed by atoms with E-state index in [1.165, 1.54) is 6.92 Å². The molecule has 0 N–H and O–H groups in total. The van der Waals surface area contributed by atoms with Crippen LogP contribution in [0.2, 0.25) is 0 Å². The molecule has 108 valence electrons. The van der Waals surface area contributed by atoms with Gasteiger partial charge in [-0.05, 0) is 10.8 Å². The fourth-order valence-corrected chi connectivity index (χ4v) is 1.02. The third kappa shape index (κ3) is 11.9. The van der Waals surface area contributed by atoms with Crippen LogP contribution in [0.1, 0.15) is 48.5 Å². The molecule has 4 nitrogen and oxygen atoms in total. The van der Waals surface area contributed by atoms with Gasteiger partial charge in [0.2, 0.25) is 0 Å². The van der Waals surface area contributed by atoms with Gasteiger partial charge in [-0.15, -0.1) is 0 Å². The van der Waals surface area contributed by atoms with Crippen LogP contribution >= 0.6 is 0 Å². The lowest BCUT2D eigenvalue weighted by molar-refractivity contribution is -0.197. The first-order valence-corrected chi connectivity index (χ1v) is 6.36. The molecule has 0 bridgehead atoms. The predicted octanol–water partition coefficient (Wildman–Crippen LogP) is 3.00. The molecule has 4 heteroatoms. The lowest BCUT2D eigenvalue weighted by atomic mass is 9.98. The van der Waals surface area contributed by atoms with Gasteiger partial charge < -0.3 is 14.2 Å². The maximum Gasteiger partial charge on any atom is 0.302 e. The van der Waals surface area contributed by atoms with Crippen LogP contribution in [0.25, 0.3) is 0 Å². The molecule has 0 radical (unpaired) electrons. The maximum atomic E-state index is 10.8. The Morgan fingerprint density at radius 1 is 0.944 bits per heavy atom. The highest BCUT2D eigenvalue weighted by Gasteiger charge is 2.20. The minimum absolute atomic E-state index is 0.0551. The molecule has 0 unspecified atom stereocenters. The normalized spacial score (nSPS) is 12.9. The molecule has 0 fully saturated rings. The molecule has 18 heavy (non-hydrogen) atoms. The summed E-state index contributed by atoms with van der Waals surface area (Å²) < 4.78 is 16.3. The van der Waals surface area contributed by atoms with E-state index in [2.05, 4.69) is 41.5 Å². The minimum Gasteiger partial charge on any atom is -0.460 e. The van der Waals surface area contributed by atoms with Gasteiger partial charge in [0.15, 0.2) is 6.29 Å². The van der Waals surface area contributed by atoms with Gasteiger partial charge in [0, 0.05) is 6.92 Å². The van der Waals surface area contributed by atoms with Crippen LogP contribution in [-0.2, 0) is 19.0 Å². The largest absolute Gasteiger partial charge is 0.460 e. The van der Waals surface area contributed by atoms with Crippen molar-refractivity contribution < 1.29 is 19.0 Å². The van der Waals surface area contributed by atoms with Crippen molar-refractivity contribution in [3.8, 4) is 0 Å². The standard InChI is InChI=1S/C14H28O4/c1-11(15)16-8-12(17-9-13(2,3)4)18-10-14(5,6)7/h12H,8-10H2,1-7H3. The predicted molar refractivity (Wildman–Crippen MR) is 71.2 cm³/mol. The average Bonchev–Trinajstić information content (AvgIpc) is 2.13. The van der Waals surface area contributed by atoms with Gasteiger partial charge >= 0.3 is 5.97 Å². The molecular weight excluding hydrogens is 232 g/mol. The Hall–Kier alpha value is -0.610. The fourth-order valence-electron chi connectivity index (χ4n) is 1.02. The van der Waals surface area contributed by atoms with Gasteiger partial charge in [-0.3, -0.25) is 4.79 Å². The molecule has 0 aromatic heterocycles. The molecule has 0 rings (SSSR count). The van der Waals surface area contributed by atoms with Crippen LogP contribution < -0.4 is 0 Å². The zero-order chi connectivity index (χ0) is 14.4. The van der Waals surface area contributed by atoms with E-state index in [4.69, 9.17) is 14.2 Å². The van der Waals surface area contributed by atoms with E-state index in [9.17, 15) is 4.79 Å². The molecule has 0 heterocycles. The van der Waals surface area contributed by atoms with Crippen LogP contribution in [0.15, 0.2) is 0 Å². The Morgan fingerprint density at radius 2 is 1.33 bits per heavy atom. The Balaban J connectivity index is 4.20. The Labute approximate surface area is 111 Å². The highest BCUT2D eigenvalue weighted by molar-refractivity contribution is 5.65. The van der Waals surface area contributed by atoms with Crippen LogP contribution in [-0.4, -0.2) is 32.1 Å². The highest BCUT2D eigenvalue weighted by Crippen LogP contribution is 2.17. The minimum atomic E-state index is -0.493. The molecule has 0 saturated carbocycles. The van der Waals surface area contributed by atoms with Gasteiger partial charge in [-0.25, -0.2) is 0 Å². The van der Waals surface area contributed by atoms with E-state index in [1.807, 2.05) is 0 Å². The van der Waals surface area contributed by atoms with Crippen LogP contribution in [0.3, 0.4) is 0 Å². The topological polar surface area (TPSA) is 44.8 Å². The quantitative estimate of drug-likeness (QED) is 0.544. The van der Waals surface area contributed by atoms with E-state index >= 15 is 0 Å². The smallest absolute Gasteiger partial charge is 0.302 e. The maximum absolute atomic E-state index is 10.8. The summed E-state index contributed by atoms with van der Waals surface area (Å²) in [6.07, 6.45) is -0.493. The molecule has 0 aliphatic heterocycles. The van der Waals surface area contributed by atoms with Gasteiger partial charge in [0.1, 0.15) is 6.61 Å². The molecule has 0 aromatic rings. The number of esters is 1. The van der Waals surface area contributed by atoms with Crippen molar-refractivity contribution >= 4 is 5.97 Å². The van der Waals surface area contributed by atoms with Gasteiger partial charge in [0.25, 0.3) is 0 Å². The second-order valence-electron chi connectivity index (χ2n) is 6.98. The van der Waals surface area contributed by atoms with E-state index in [0.29, 0.717) is 13.2 Å². The Kier molecular flexibility index (Phi) is 6.86.